The van der Waals surface area contributed by atoms with E-state index in [-0.39, 0.29) is 0 Å². The number of aromatic nitrogens is 2. The van der Waals surface area contributed by atoms with Crippen LogP contribution in [0.3, 0.4) is 0 Å². The molecule has 0 amide bonds. The largest absolute Gasteiger partial charge is 0.463 e. The number of hydrogen-bond acceptors (Lipinski definition) is 5. The van der Waals surface area contributed by atoms with Gasteiger partial charge < -0.3 is 9.32 Å². The minimum absolute atomic E-state index is 0.757. The van der Waals surface area contributed by atoms with Crippen molar-refractivity contribution in [2.24, 2.45) is 0 Å². The molecule has 5 heteroatoms. The molecule has 0 fully saturated rings. The Bertz CT molecular complexity index is 466. The average Bonchev–Trinajstić information content (AvgIpc) is 2.98. The summed E-state index contributed by atoms with van der Waals surface area (Å²) in [7, 11) is 0. The molecular weight excluding hydrogens is 258 g/mol. The molecule has 102 valence electrons. The van der Waals surface area contributed by atoms with E-state index in [9.17, 15) is 0 Å². The van der Waals surface area contributed by atoms with E-state index >= 15 is 0 Å². The molecule has 2 aromatic rings. The van der Waals surface area contributed by atoms with E-state index in [2.05, 4.69) is 28.9 Å². The Morgan fingerprint density at radius 1 is 1.16 bits per heavy atom. The highest BCUT2D eigenvalue weighted by molar-refractivity contribution is 7.99. The summed E-state index contributed by atoms with van der Waals surface area (Å²) in [6.07, 6.45) is 1.64. The van der Waals surface area contributed by atoms with Crippen LogP contribution in [0.4, 0.5) is 0 Å². The van der Waals surface area contributed by atoms with Crippen molar-refractivity contribution in [3.8, 4) is 11.5 Å². The van der Waals surface area contributed by atoms with Crippen LogP contribution in [0.2, 0.25) is 0 Å². The van der Waals surface area contributed by atoms with E-state index in [1.807, 2.05) is 24.3 Å². The standard InChI is InChI=1S/C14H19N3OS/c1-3-17(4-2)9-11-19-14-8-7-12(15-16-14)13-6-5-10-18-13/h5-8,10H,3-4,9,11H2,1-2H3. The molecule has 4 nitrogen and oxygen atoms in total. The molecular formula is C14H19N3OS. The van der Waals surface area contributed by atoms with Gasteiger partial charge in [-0.2, -0.15) is 0 Å². The molecule has 0 spiro atoms. The van der Waals surface area contributed by atoms with E-state index in [4.69, 9.17) is 4.42 Å². The molecule has 0 atom stereocenters. The molecule has 0 aliphatic carbocycles. The van der Waals surface area contributed by atoms with Crippen molar-refractivity contribution >= 4 is 11.8 Å². The second-order valence-corrected chi connectivity index (χ2v) is 5.22. The molecule has 0 bridgehead atoms. The van der Waals surface area contributed by atoms with Crippen LogP contribution in [0.1, 0.15) is 13.8 Å². The van der Waals surface area contributed by atoms with E-state index < -0.39 is 0 Å². The molecule has 0 saturated carbocycles. The van der Waals surface area contributed by atoms with Crippen molar-refractivity contribution < 1.29 is 4.42 Å². The van der Waals surface area contributed by atoms with Gasteiger partial charge in [0.05, 0.1) is 6.26 Å². The lowest BCUT2D eigenvalue weighted by molar-refractivity contribution is 0.324. The monoisotopic (exact) mass is 277 g/mol. The number of rotatable bonds is 7. The molecule has 0 aliphatic rings. The third-order valence-corrected chi connectivity index (χ3v) is 3.87. The Labute approximate surface area is 118 Å². The number of hydrogen-bond donors (Lipinski definition) is 0. The third-order valence-electron chi connectivity index (χ3n) is 2.97. The summed E-state index contributed by atoms with van der Waals surface area (Å²) >= 11 is 1.74. The molecule has 0 radical (unpaired) electrons. The summed E-state index contributed by atoms with van der Waals surface area (Å²) in [4.78, 5) is 2.40. The minimum Gasteiger partial charge on any atom is -0.463 e. The Balaban J connectivity index is 1.85. The van der Waals surface area contributed by atoms with Crippen molar-refractivity contribution in [3.05, 3.63) is 30.5 Å². The van der Waals surface area contributed by atoms with Crippen LogP contribution in [-0.4, -0.2) is 40.5 Å². The van der Waals surface area contributed by atoms with Crippen molar-refractivity contribution in [1.82, 2.24) is 15.1 Å². The van der Waals surface area contributed by atoms with Crippen LogP contribution >= 0.6 is 11.8 Å². The first-order valence-electron chi connectivity index (χ1n) is 6.56. The van der Waals surface area contributed by atoms with Gasteiger partial charge in [-0.15, -0.1) is 22.0 Å². The predicted octanol–water partition coefficient (Wildman–Crippen LogP) is 3.17. The van der Waals surface area contributed by atoms with Crippen molar-refractivity contribution in [1.29, 1.82) is 0 Å². The van der Waals surface area contributed by atoms with Crippen LogP contribution in [0.15, 0.2) is 40.0 Å². The molecule has 0 N–H and O–H groups in total. The van der Waals surface area contributed by atoms with E-state index in [1.54, 1.807) is 18.0 Å². The number of nitrogens with zero attached hydrogens (tertiary/aromatic N) is 3. The van der Waals surface area contributed by atoms with Gasteiger partial charge in [0.25, 0.3) is 0 Å². The zero-order valence-electron chi connectivity index (χ0n) is 11.4. The Morgan fingerprint density at radius 2 is 2.00 bits per heavy atom. The lowest BCUT2D eigenvalue weighted by Crippen LogP contribution is -2.25. The van der Waals surface area contributed by atoms with Gasteiger partial charge in [-0.25, -0.2) is 0 Å². The smallest absolute Gasteiger partial charge is 0.154 e. The fraction of sp³-hybridized carbons (Fsp3) is 0.429. The van der Waals surface area contributed by atoms with E-state index in [0.29, 0.717) is 0 Å². The van der Waals surface area contributed by atoms with Gasteiger partial charge in [0.1, 0.15) is 10.7 Å². The van der Waals surface area contributed by atoms with Gasteiger partial charge in [0, 0.05) is 12.3 Å². The van der Waals surface area contributed by atoms with Crippen LogP contribution < -0.4 is 0 Å². The first kappa shape index (κ1) is 14.1. The molecule has 0 aromatic carbocycles. The highest BCUT2D eigenvalue weighted by Crippen LogP contribution is 2.19. The van der Waals surface area contributed by atoms with Gasteiger partial charge in [-0.3, -0.25) is 0 Å². The maximum absolute atomic E-state index is 5.29. The second kappa shape index (κ2) is 7.31. The fourth-order valence-corrected chi connectivity index (χ4v) is 2.59. The van der Waals surface area contributed by atoms with Crippen molar-refractivity contribution in [2.45, 2.75) is 18.9 Å². The van der Waals surface area contributed by atoms with Gasteiger partial charge in [-0.05, 0) is 37.4 Å². The third kappa shape index (κ3) is 4.08. The fourth-order valence-electron chi connectivity index (χ4n) is 1.77. The number of furan rings is 1. The Morgan fingerprint density at radius 3 is 2.58 bits per heavy atom. The van der Waals surface area contributed by atoms with Crippen LogP contribution in [0.25, 0.3) is 11.5 Å². The quantitative estimate of drug-likeness (QED) is 0.727. The highest BCUT2D eigenvalue weighted by Gasteiger charge is 2.04. The lowest BCUT2D eigenvalue weighted by Gasteiger charge is -2.16. The van der Waals surface area contributed by atoms with Crippen LogP contribution in [-0.2, 0) is 0 Å². The van der Waals surface area contributed by atoms with E-state index in [1.165, 1.54) is 0 Å². The van der Waals surface area contributed by atoms with Crippen molar-refractivity contribution in [3.63, 3.8) is 0 Å². The SMILES string of the molecule is CCN(CC)CCSc1ccc(-c2ccco2)nn1. The molecule has 2 heterocycles. The maximum Gasteiger partial charge on any atom is 0.154 e. The first-order chi connectivity index (χ1) is 9.33. The summed E-state index contributed by atoms with van der Waals surface area (Å²) in [6, 6.07) is 7.68. The molecule has 19 heavy (non-hydrogen) atoms. The van der Waals surface area contributed by atoms with Gasteiger partial charge in [-0.1, -0.05) is 13.8 Å². The molecule has 0 saturated heterocycles. The second-order valence-electron chi connectivity index (χ2n) is 4.11. The molecule has 2 aromatic heterocycles. The zero-order chi connectivity index (χ0) is 13.5. The summed E-state index contributed by atoms with van der Waals surface area (Å²) in [6.45, 7) is 7.65. The zero-order valence-corrected chi connectivity index (χ0v) is 12.2. The van der Waals surface area contributed by atoms with E-state index in [0.717, 1.165) is 41.9 Å². The minimum atomic E-state index is 0.757. The molecule has 0 aliphatic heterocycles. The summed E-state index contributed by atoms with van der Waals surface area (Å²) in [5.74, 6) is 1.79. The Hall–Kier alpha value is -1.33. The maximum atomic E-state index is 5.29. The normalized spacial score (nSPS) is 11.1. The van der Waals surface area contributed by atoms with Crippen molar-refractivity contribution in [2.75, 3.05) is 25.4 Å². The van der Waals surface area contributed by atoms with Gasteiger partial charge >= 0.3 is 0 Å². The van der Waals surface area contributed by atoms with Gasteiger partial charge in [0.2, 0.25) is 0 Å². The summed E-state index contributed by atoms with van der Waals surface area (Å²) in [5.41, 5.74) is 0.776. The first-order valence-corrected chi connectivity index (χ1v) is 7.54. The highest BCUT2D eigenvalue weighted by atomic mass is 32.2. The average molecular weight is 277 g/mol. The molecule has 2 rings (SSSR count). The Kier molecular flexibility index (Phi) is 5.42. The number of thioether (sulfide) groups is 1. The summed E-state index contributed by atoms with van der Waals surface area (Å²) in [5, 5.41) is 9.36. The summed E-state index contributed by atoms with van der Waals surface area (Å²) < 4.78 is 5.29. The van der Waals surface area contributed by atoms with Crippen LogP contribution in [0.5, 0.6) is 0 Å². The lowest BCUT2D eigenvalue weighted by atomic mass is 10.3. The topological polar surface area (TPSA) is 42.2 Å². The predicted molar refractivity (Wildman–Crippen MR) is 78.2 cm³/mol. The van der Waals surface area contributed by atoms with Crippen LogP contribution in [0, 0.1) is 0 Å². The van der Waals surface area contributed by atoms with Gasteiger partial charge in [0.15, 0.2) is 5.76 Å². The molecule has 0 unspecified atom stereocenters.